The quantitative estimate of drug-likeness (QED) is 0.899. The zero-order valence-corrected chi connectivity index (χ0v) is 13.9. The van der Waals surface area contributed by atoms with Crippen molar-refractivity contribution in [2.75, 3.05) is 0 Å². The van der Waals surface area contributed by atoms with Crippen molar-refractivity contribution in [1.29, 1.82) is 0 Å². The highest BCUT2D eigenvalue weighted by Gasteiger charge is 2.40. The predicted octanol–water partition coefficient (Wildman–Crippen LogP) is 3.77. The summed E-state index contributed by atoms with van der Waals surface area (Å²) in [6.45, 7) is 6.12. The Hall–Kier alpha value is -1.51. The highest BCUT2D eigenvalue weighted by molar-refractivity contribution is 5.81. The molecular formula is C19H27NO2. The van der Waals surface area contributed by atoms with E-state index >= 15 is 0 Å². The van der Waals surface area contributed by atoms with Gasteiger partial charge in [-0.25, -0.2) is 0 Å². The molecule has 0 spiro atoms. The minimum absolute atomic E-state index is 0.0564. The minimum atomic E-state index is -0.389. The molecule has 1 N–H and O–H groups in total. The lowest BCUT2D eigenvalue weighted by Gasteiger charge is -2.26. The topological polar surface area (TPSA) is 38.3 Å². The lowest BCUT2D eigenvalue weighted by Crippen LogP contribution is -2.45. The van der Waals surface area contributed by atoms with E-state index in [2.05, 4.69) is 18.3 Å². The third-order valence-corrected chi connectivity index (χ3v) is 5.55. The van der Waals surface area contributed by atoms with Crippen molar-refractivity contribution in [3.05, 3.63) is 29.3 Å². The van der Waals surface area contributed by atoms with E-state index in [0.29, 0.717) is 18.4 Å². The molecule has 0 aliphatic heterocycles. The van der Waals surface area contributed by atoms with Gasteiger partial charge in [0.25, 0.3) is 5.91 Å². The maximum absolute atomic E-state index is 12.6. The molecular weight excluding hydrogens is 274 g/mol. The lowest BCUT2D eigenvalue weighted by atomic mass is 9.95. The molecule has 1 aromatic carbocycles. The largest absolute Gasteiger partial charge is 0.480 e. The molecule has 0 radical (unpaired) electrons. The fourth-order valence-electron chi connectivity index (χ4n) is 4.02. The number of benzene rings is 1. The molecule has 0 unspecified atom stereocenters. The van der Waals surface area contributed by atoms with Crippen LogP contribution in [0.3, 0.4) is 0 Å². The van der Waals surface area contributed by atoms with Gasteiger partial charge in [0.2, 0.25) is 0 Å². The molecule has 2 aliphatic rings. The highest BCUT2D eigenvalue weighted by Crippen LogP contribution is 2.44. The monoisotopic (exact) mass is 301 g/mol. The Bertz CT molecular complexity index is 554. The van der Waals surface area contributed by atoms with Crippen molar-refractivity contribution in [3.8, 4) is 5.75 Å². The number of aryl methyl sites for hydroxylation is 1. The van der Waals surface area contributed by atoms with Gasteiger partial charge in [-0.3, -0.25) is 4.79 Å². The summed E-state index contributed by atoms with van der Waals surface area (Å²) in [6, 6.07) is 6.38. The molecule has 2 aliphatic carbocycles. The highest BCUT2D eigenvalue weighted by atomic mass is 16.5. The second-order valence-corrected chi connectivity index (χ2v) is 7.00. The van der Waals surface area contributed by atoms with Crippen molar-refractivity contribution in [3.63, 3.8) is 0 Å². The first-order chi connectivity index (χ1) is 10.6. The zero-order valence-electron chi connectivity index (χ0n) is 13.9. The van der Waals surface area contributed by atoms with E-state index in [-0.39, 0.29) is 12.0 Å². The van der Waals surface area contributed by atoms with Crippen LogP contribution in [0.25, 0.3) is 0 Å². The number of carbonyl (C=O) groups is 1. The number of rotatable bonds is 5. The van der Waals surface area contributed by atoms with Crippen molar-refractivity contribution in [2.45, 2.75) is 65.0 Å². The van der Waals surface area contributed by atoms with Crippen LogP contribution < -0.4 is 10.1 Å². The van der Waals surface area contributed by atoms with Crippen molar-refractivity contribution in [1.82, 2.24) is 5.32 Å². The Balaban J connectivity index is 1.63. The average molecular weight is 301 g/mol. The fraction of sp³-hybridized carbons (Fsp3) is 0.632. The smallest absolute Gasteiger partial charge is 0.261 e. The average Bonchev–Trinajstić information content (AvgIpc) is 3.11. The Morgan fingerprint density at radius 3 is 2.77 bits per heavy atom. The molecule has 3 heteroatoms. The van der Waals surface area contributed by atoms with Gasteiger partial charge in [-0.05, 0) is 68.6 Å². The van der Waals surface area contributed by atoms with Crippen LogP contribution in [0.4, 0.5) is 0 Å². The van der Waals surface area contributed by atoms with Gasteiger partial charge in [-0.15, -0.1) is 0 Å². The molecule has 4 atom stereocenters. The van der Waals surface area contributed by atoms with Gasteiger partial charge in [-0.1, -0.05) is 25.5 Å². The van der Waals surface area contributed by atoms with Gasteiger partial charge in [0, 0.05) is 6.04 Å². The Kier molecular flexibility index (Phi) is 4.42. The third-order valence-electron chi connectivity index (χ3n) is 5.55. The van der Waals surface area contributed by atoms with Crippen LogP contribution in [-0.4, -0.2) is 18.1 Å². The molecule has 22 heavy (non-hydrogen) atoms. The summed E-state index contributed by atoms with van der Waals surface area (Å²) in [5.41, 5.74) is 2.31. The van der Waals surface area contributed by atoms with E-state index in [1.807, 2.05) is 26.0 Å². The minimum Gasteiger partial charge on any atom is -0.480 e. The predicted molar refractivity (Wildman–Crippen MR) is 88.0 cm³/mol. The number of amides is 1. The molecule has 3 rings (SSSR count). The summed E-state index contributed by atoms with van der Waals surface area (Å²) in [4.78, 5) is 12.6. The zero-order chi connectivity index (χ0) is 15.7. The van der Waals surface area contributed by atoms with Crippen LogP contribution in [0, 0.1) is 25.7 Å². The van der Waals surface area contributed by atoms with Gasteiger partial charge >= 0.3 is 0 Å². The van der Waals surface area contributed by atoms with Crippen molar-refractivity contribution in [2.24, 2.45) is 11.8 Å². The van der Waals surface area contributed by atoms with E-state index in [1.165, 1.54) is 24.8 Å². The Labute approximate surface area is 133 Å². The number of carbonyl (C=O) groups excluding carboxylic acids is 1. The SMILES string of the molecule is CC[C@@H](Oc1cccc(C)c1C)C(=O)N[C@@H]1C[C@H]2CC[C@H]1C2. The molecule has 2 fully saturated rings. The van der Waals surface area contributed by atoms with Crippen molar-refractivity contribution < 1.29 is 9.53 Å². The second-order valence-electron chi connectivity index (χ2n) is 7.00. The molecule has 3 nitrogen and oxygen atoms in total. The lowest BCUT2D eigenvalue weighted by molar-refractivity contribution is -0.129. The van der Waals surface area contributed by atoms with Gasteiger partial charge in [-0.2, -0.15) is 0 Å². The van der Waals surface area contributed by atoms with Gasteiger partial charge in [0.1, 0.15) is 5.75 Å². The molecule has 0 aromatic heterocycles. The van der Waals surface area contributed by atoms with Crippen LogP contribution in [0.1, 0.15) is 50.2 Å². The van der Waals surface area contributed by atoms with Crippen LogP contribution in [0.15, 0.2) is 18.2 Å². The van der Waals surface area contributed by atoms with Crippen LogP contribution >= 0.6 is 0 Å². The number of hydrogen-bond acceptors (Lipinski definition) is 2. The summed E-state index contributed by atoms with van der Waals surface area (Å²) in [7, 11) is 0. The van der Waals surface area contributed by atoms with Crippen molar-refractivity contribution >= 4 is 5.91 Å². The molecule has 2 saturated carbocycles. The number of fused-ring (bicyclic) bond motifs is 2. The summed E-state index contributed by atoms with van der Waals surface area (Å²) in [5.74, 6) is 2.43. The number of ether oxygens (including phenoxy) is 1. The van der Waals surface area contributed by atoms with E-state index in [0.717, 1.165) is 23.7 Å². The first-order valence-electron chi connectivity index (χ1n) is 8.61. The molecule has 1 aromatic rings. The Morgan fingerprint density at radius 2 is 2.14 bits per heavy atom. The van der Waals surface area contributed by atoms with E-state index in [4.69, 9.17) is 4.74 Å². The number of hydrogen-bond donors (Lipinski definition) is 1. The normalized spacial score (nSPS) is 27.7. The molecule has 0 heterocycles. The standard InChI is InChI=1S/C19H27NO2/c1-4-17(22-18-7-5-6-12(2)13(18)3)19(21)20-16-11-14-8-9-15(16)10-14/h5-7,14-17H,4,8-11H2,1-3H3,(H,20,21)/t14-,15-,16+,17+/m0/s1. The van der Waals surface area contributed by atoms with Crippen LogP contribution in [-0.2, 0) is 4.79 Å². The third kappa shape index (κ3) is 2.99. The Morgan fingerprint density at radius 1 is 1.32 bits per heavy atom. The van der Waals surface area contributed by atoms with Crippen LogP contribution in [0.2, 0.25) is 0 Å². The summed E-state index contributed by atoms with van der Waals surface area (Å²) < 4.78 is 6.02. The first-order valence-corrected chi connectivity index (χ1v) is 8.61. The first kappa shape index (κ1) is 15.4. The maximum Gasteiger partial charge on any atom is 0.261 e. The second kappa shape index (κ2) is 6.31. The summed E-state index contributed by atoms with van der Waals surface area (Å²) in [5, 5.41) is 3.25. The molecule has 1 amide bonds. The fourth-order valence-corrected chi connectivity index (χ4v) is 4.02. The summed E-state index contributed by atoms with van der Waals surface area (Å²) >= 11 is 0. The van der Waals surface area contributed by atoms with E-state index < -0.39 is 0 Å². The van der Waals surface area contributed by atoms with Gasteiger partial charge < -0.3 is 10.1 Å². The van der Waals surface area contributed by atoms with Crippen LogP contribution in [0.5, 0.6) is 5.75 Å². The number of nitrogens with one attached hydrogen (secondary N) is 1. The van der Waals surface area contributed by atoms with E-state index in [1.54, 1.807) is 0 Å². The summed E-state index contributed by atoms with van der Waals surface area (Å²) in [6.07, 6.45) is 5.41. The molecule has 120 valence electrons. The molecule has 2 bridgehead atoms. The maximum atomic E-state index is 12.6. The molecule has 0 saturated heterocycles. The van der Waals surface area contributed by atoms with Gasteiger partial charge in [0.15, 0.2) is 6.10 Å². The van der Waals surface area contributed by atoms with Gasteiger partial charge in [0.05, 0.1) is 0 Å². The van der Waals surface area contributed by atoms with E-state index in [9.17, 15) is 4.79 Å².